The highest BCUT2D eigenvalue weighted by Gasteiger charge is 2.41. The Labute approximate surface area is 174 Å². The predicted molar refractivity (Wildman–Crippen MR) is 114 cm³/mol. The Morgan fingerprint density at radius 3 is 2.53 bits per heavy atom. The zero-order valence-corrected chi connectivity index (χ0v) is 18.0. The summed E-state index contributed by atoms with van der Waals surface area (Å²) in [7, 11) is 3.37. The highest BCUT2D eigenvalue weighted by atomic mass is 19.1. The summed E-state index contributed by atoms with van der Waals surface area (Å²) in [5.74, 6) is -1.55. The van der Waals surface area contributed by atoms with Crippen LogP contribution in [0.15, 0.2) is 11.0 Å². The second-order valence-corrected chi connectivity index (χ2v) is 9.07. The van der Waals surface area contributed by atoms with Crippen molar-refractivity contribution >= 4 is 22.6 Å². The van der Waals surface area contributed by atoms with E-state index in [2.05, 4.69) is 19.2 Å². The largest absolute Gasteiger partial charge is 0.492 e. The van der Waals surface area contributed by atoms with E-state index < -0.39 is 17.2 Å². The van der Waals surface area contributed by atoms with Crippen LogP contribution in [-0.4, -0.2) is 48.9 Å². The van der Waals surface area contributed by atoms with Gasteiger partial charge in [0.15, 0.2) is 11.6 Å². The van der Waals surface area contributed by atoms with Crippen molar-refractivity contribution < 1.29 is 19.0 Å². The van der Waals surface area contributed by atoms with Gasteiger partial charge in [0.25, 0.3) is 0 Å². The second-order valence-electron chi connectivity index (χ2n) is 9.07. The first kappa shape index (κ1) is 20.7. The molecular weight excluding hydrogens is 389 g/mol. The van der Waals surface area contributed by atoms with Gasteiger partial charge < -0.3 is 24.6 Å². The zero-order chi connectivity index (χ0) is 22.0. The van der Waals surface area contributed by atoms with Crippen molar-refractivity contribution in [3.05, 3.63) is 33.4 Å². The number of methoxy groups -OCH3 is 1. The molecule has 2 fully saturated rings. The van der Waals surface area contributed by atoms with E-state index >= 15 is 4.39 Å². The number of nitrogens with zero attached hydrogens (tertiary/aromatic N) is 2. The number of carboxylic acids is 1. The molecule has 30 heavy (non-hydrogen) atoms. The average Bonchev–Trinajstić information content (AvgIpc) is 3.47. The van der Waals surface area contributed by atoms with Gasteiger partial charge in [-0.1, -0.05) is 13.8 Å². The SMILES string of the molecule is CNC1CN(c2c(F)c(C)c3c(=O)c(C(=O)O)cn(C4CC4)c3c2OC)CC1(C)C. The summed E-state index contributed by atoms with van der Waals surface area (Å²) in [5.41, 5.74) is -0.123. The molecule has 7 nitrogen and oxygen atoms in total. The van der Waals surface area contributed by atoms with Gasteiger partial charge in [-0.2, -0.15) is 0 Å². The maximum Gasteiger partial charge on any atom is 0.341 e. The molecule has 0 bridgehead atoms. The van der Waals surface area contributed by atoms with Crippen LogP contribution in [0.25, 0.3) is 10.9 Å². The van der Waals surface area contributed by atoms with Crippen molar-refractivity contribution in [2.75, 3.05) is 32.1 Å². The molecule has 2 N–H and O–H groups in total. The number of benzene rings is 1. The fourth-order valence-corrected chi connectivity index (χ4v) is 4.77. The molecule has 2 aliphatic rings. The van der Waals surface area contributed by atoms with E-state index in [1.807, 2.05) is 11.9 Å². The Balaban J connectivity index is 2.06. The van der Waals surface area contributed by atoms with Gasteiger partial charge in [-0.25, -0.2) is 9.18 Å². The molecule has 1 atom stereocenters. The lowest BCUT2D eigenvalue weighted by atomic mass is 9.88. The molecule has 1 aliphatic carbocycles. The summed E-state index contributed by atoms with van der Waals surface area (Å²) in [5, 5.41) is 12.9. The van der Waals surface area contributed by atoms with Gasteiger partial charge in [-0.3, -0.25) is 4.79 Å². The van der Waals surface area contributed by atoms with Crippen LogP contribution in [0, 0.1) is 18.2 Å². The quantitative estimate of drug-likeness (QED) is 0.778. The van der Waals surface area contributed by atoms with Crippen molar-refractivity contribution in [3.63, 3.8) is 0 Å². The Morgan fingerprint density at radius 1 is 1.37 bits per heavy atom. The minimum Gasteiger partial charge on any atom is -0.492 e. The van der Waals surface area contributed by atoms with Gasteiger partial charge in [0, 0.05) is 36.9 Å². The molecule has 0 radical (unpaired) electrons. The van der Waals surface area contributed by atoms with E-state index in [9.17, 15) is 14.7 Å². The number of fused-ring (bicyclic) bond motifs is 1. The first-order valence-electron chi connectivity index (χ1n) is 10.2. The minimum absolute atomic E-state index is 0.0814. The molecule has 1 aliphatic heterocycles. The van der Waals surface area contributed by atoms with Crippen molar-refractivity contribution in [2.24, 2.45) is 5.41 Å². The molecule has 1 aromatic carbocycles. The monoisotopic (exact) mass is 417 g/mol. The molecule has 1 saturated carbocycles. The van der Waals surface area contributed by atoms with Gasteiger partial charge in [0.2, 0.25) is 5.43 Å². The summed E-state index contributed by atoms with van der Waals surface area (Å²) < 4.78 is 23.2. The molecule has 0 amide bonds. The second kappa shape index (κ2) is 6.97. The maximum absolute atomic E-state index is 15.7. The molecular formula is C22H28FN3O4. The fraction of sp³-hybridized carbons (Fsp3) is 0.545. The summed E-state index contributed by atoms with van der Waals surface area (Å²) >= 11 is 0. The number of carboxylic acid groups (broad SMARTS) is 1. The van der Waals surface area contributed by atoms with Crippen molar-refractivity contribution in [2.45, 2.75) is 45.7 Å². The van der Waals surface area contributed by atoms with Crippen LogP contribution in [0.5, 0.6) is 5.75 Å². The van der Waals surface area contributed by atoms with Crippen molar-refractivity contribution in [1.29, 1.82) is 0 Å². The normalized spacial score (nSPS) is 20.7. The summed E-state index contributed by atoms with van der Waals surface area (Å²) in [6.45, 7) is 7.03. The lowest BCUT2D eigenvalue weighted by molar-refractivity contribution is 0.0695. The number of nitrogens with one attached hydrogen (secondary N) is 1. The molecule has 2 aromatic rings. The van der Waals surface area contributed by atoms with E-state index in [1.165, 1.54) is 13.3 Å². The zero-order valence-electron chi connectivity index (χ0n) is 18.0. The van der Waals surface area contributed by atoms with E-state index in [0.717, 1.165) is 12.8 Å². The molecule has 1 aromatic heterocycles. The van der Waals surface area contributed by atoms with Crippen LogP contribution in [0.3, 0.4) is 0 Å². The Bertz CT molecular complexity index is 1100. The highest BCUT2D eigenvalue weighted by Crippen LogP contribution is 2.47. The Hall–Kier alpha value is -2.61. The first-order chi connectivity index (χ1) is 14.1. The van der Waals surface area contributed by atoms with Crippen molar-refractivity contribution in [3.8, 4) is 5.75 Å². The Kier molecular flexibility index (Phi) is 4.80. The summed E-state index contributed by atoms with van der Waals surface area (Å²) in [6, 6.07) is 0.246. The summed E-state index contributed by atoms with van der Waals surface area (Å²) in [6.07, 6.45) is 3.15. The summed E-state index contributed by atoms with van der Waals surface area (Å²) in [4.78, 5) is 26.6. The average molecular weight is 417 g/mol. The standard InChI is InChI=1S/C22H28FN3O4/c1-11-15-17(26(12-6-7-12)8-13(19(15)27)21(28)29)20(30-5)18(16(11)23)25-9-14(24-4)22(2,3)10-25/h8,12,14,24H,6-7,9-10H2,1-5H3,(H,28,29). The van der Waals surface area contributed by atoms with Crippen molar-refractivity contribution in [1.82, 2.24) is 9.88 Å². The van der Waals surface area contributed by atoms with Crippen LogP contribution in [0.4, 0.5) is 10.1 Å². The van der Waals surface area contributed by atoms with Crippen LogP contribution in [-0.2, 0) is 0 Å². The number of anilines is 1. The fourth-order valence-electron chi connectivity index (χ4n) is 4.77. The molecule has 2 heterocycles. The molecule has 1 unspecified atom stereocenters. The van der Waals surface area contributed by atoms with E-state index in [-0.39, 0.29) is 34.0 Å². The molecule has 1 saturated heterocycles. The van der Waals surface area contributed by atoms with E-state index in [4.69, 9.17) is 4.74 Å². The number of rotatable bonds is 5. The number of halogens is 1. The van der Waals surface area contributed by atoms with Crippen LogP contribution >= 0.6 is 0 Å². The number of likely N-dealkylation sites (N-methyl/N-ethyl adjacent to an activating group) is 1. The predicted octanol–water partition coefficient (Wildman–Crippen LogP) is 2.92. The maximum atomic E-state index is 15.7. The van der Waals surface area contributed by atoms with Gasteiger partial charge in [-0.05, 0) is 32.2 Å². The van der Waals surface area contributed by atoms with Gasteiger partial charge >= 0.3 is 5.97 Å². The van der Waals surface area contributed by atoms with Gasteiger partial charge in [-0.15, -0.1) is 0 Å². The minimum atomic E-state index is -1.31. The van der Waals surface area contributed by atoms with Crippen LogP contribution in [0.2, 0.25) is 0 Å². The number of ether oxygens (including phenoxy) is 1. The number of hydrogen-bond donors (Lipinski definition) is 2. The van der Waals surface area contributed by atoms with Gasteiger partial charge in [0.05, 0.1) is 18.0 Å². The smallest absolute Gasteiger partial charge is 0.341 e. The lowest BCUT2D eigenvalue weighted by Gasteiger charge is -2.27. The molecule has 8 heteroatoms. The van der Waals surface area contributed by atoms with Crippen LogP contribution < -0.4 is 20.4 Å². The number of aromatic nitrogens is 1. The Morgan fingerprint density at radius 2 is 2.03 bits per heavy atom. The molecule has 4 rings (SSSR count). The number of hydrogen-bond acceptors (Lipinski definition) is 5. The first-order valence-corrected chi connectivity index (χ1v) is 10.2. The molecule has 0 spiro atoms. The number of aryl methyl sites for hydroxylation is 1. The third kappa shape index (κ3) is 2.96. The number of pyridine rings is 1. The number of carbonyl (C=O) groups is 1. The highest BCUT2D eigenvalue weighted by molar-refractivity contribution is 5.99. The van der Waals surface area contributed by atoms with Crippen LogP contribution in [0.1, 0.15) is 48.7 Å². The topological polar surface area (TPSA) is 83.8 Å². The third-order valence-corrected chi connectivity index (χ3v) is 6.56. The van der Waals surface area contributed by atoms with E-state index in [1.54, 1.807) is 11.5 Å². The molecule has 162 valence electrons. The van der Waals surface area contributed by atoms with Gasteiger partial charge in [0.1, 0.15) is 11.3 Å². The van der Waals surface area contributed by atoms with E-state index in [0.29, 0.717) is 30.0 Å². The third-order valence-electron chi connectivity index (χ3n) is 6.56. The lowest BCUT2D eigenvalue weighted by Crippen LogP contribution is -2.38. The number of aromatic carboxylic acids is 1.